The molecule has 0 bridgehead atoms. The molecule has 0 radical (unpaired) electrons. The van der Waals surface area contributed by atoms with Crippen molar-refractivity contribution in [2.45, 2.75) is 6.42 Å². The van der Waals surface area contributed by atoms with Gasteiger partial charge in [0.2, 0.25) is 5.95 Å². The van der Waals surface area contributed by atoms with Crippen LogP contribution in [0.4, 0.5) is 5.95 Å². The molecule has 0 aliphatic heterocycles. The zero-order valence-corrected chi connectivity index (χ0v) is 11.9. The van der Waals surface area contributed by atoms with E-state index in [1.807, 2.05) is 35.5 Å². The third-order valence-electron chi connectivity index (χ3n) is 3.11. The molecule has 0 aliphatic rings. The summed E-state index contributed by atoms with van der Waals surface area (Å²) < 4.78 is 0. The van der Waals surface area contributed by atoms with E-state index in [9.17, 15) is 4.79 Å². The van der Waals surface area contributed by atoms with Crippen LogP contribution in [0, 0.1) is 0 Å². The minimum Gasteiger partial charge on any atom is -0.345 e. The lowest BCUT2D eigenvalue weighted by molar-refractivity contribution is 0.834. The van der Waals surface area contributed by atoms with Crippen LogP contribution in [-0.4, -0.2) is 28.5 Å². The molecule has 0 amide bonds. The molecule has 0 atom stereocenters. The molecule has 0 saturated heterocycles. The van der Waals surface area contributed by atoms with Crippen LogP contribution >= 0.6 is 11.3 Å². The summed E-state index contributed by atoms with van der Waals surface area (Å²) in [6.07, 6.45) is 2.64. The van der Waals surface area contributed by atoms with E-state index < -0.39 is 0 Å². The number of aromatic nitrogens is 3. The summed E-state index contributed by atoms with van der Waals surface area (Å²) in [6.45, 7) is 0.759. The van der Waals surface area contributed by atoms with Gasteiger partial charge in [0.1, 0.15) is 0 Å². The maximum atomic E-state index is 12.0. The number of anilines is 1. The van der Waals surface area contributed by atoms with Crippen LogP contribution in [0.1, 0.15) is 5.01 Å². The number of thiazole rings is 1. The van der Waals surface area contributed by atoms with Crippen LogP contribution in [-0.2, 0) is 6.42 Å². The van der Waals surface area contributed by atoms with Crippen LogP contribution in [0.15, 0.2) is 40.6 Å². The van der Waals surface area contributed by atoms with Gasteiger partial charge in [0.05, 0.1) is 15.9 Å². The first kappa shape index (κ1) is 12.8. The summed E-state index contributed by atoms with van der Waals surface area (Å²) in [5.74, 6) is 0.588. The molecule has 1 aromatic carbocycles. The van der Waals surface area contributed by atoms with Gasteiger partial charge < -0.3 is 4.90 Å². The Morgan fingerprint density at radius 3 is 3.00 bits per heavy atom. The lowest BCUT2D eigenvalue weighted by atomic mass is 10.2. The predicted molar refractivity (Wildman–Crippen MR) is 81.5 cm³/mol. The van der Waals surface area contributed by atoms with Crippen LogP contribution in [0.25, 0.3) is 10.9 Å². The van der Waals surface area contributed by atoms with E-state index in [0.29, 0.717) is 16.9 Å². The highest BCUT2D eigenvalue weighted by atomic mass is 32.1. The number of hydrogen-bond donors (Lipinski definition) is 1. The van der Waals surface area contributed by atoms with Gasteiger partial charge in [0, 0.05) is 31.6 Å². The van der Waals surface area contributed by atoms with Gasteiger partial charge in [0.25, 0.3) is 5.56 Å². The molecule has 102 valence electrons. The second-order valence-corrected chi connectivity index (χ2v) is 5.48. The van der Waals surface area contributed by atoms with Gasteiger partial charge in [-0.2, -0.15) is 0 Å². The van der Waals surface area contributed by atoms with E-state index in [4.69, 9.17) is 0 Å². The van der Waals surface area contributed by atoms with E-state index in [-0.39, 0.29) is 5.56 Å². The van der Waals surface area contributed by atoms with E-state index >= 15 is 0 Å². The van der Waals surface area contributed by atoms with Crippen molar-refractivity contribution in [3.05, 3.63) is 51.2 Å². The van der Waals surface area contributed by atoms with Crippen LogP contribution in [0.2, 0.25) is 0 Å². The minimum atomic E-state index is -0.105. The summed E-state index contributed by atoms with van der Waals surface area (Å²) in [6, 6.07) is 7.35. The first-order valence-corrected chi connectivity index (χ1v) is 7.20. The fourth-order valence-electron chi connectivity index (χ4n) is 2.00. The molecule has 6 heteroatoms. The Balaban J connectivity index is 1.84. The molecule has 0 saturated carbocycles. The van der Waals surface area contributed by atoms with Crippen molar-refractivity contribution in [3.63, 3.8) is 0 Å². The zero-order valence-electron chi connectivity index (χ0n) is 11.0. The molecule has 0 aliphatic carbocycles. The third kappa shape index (κ3) is 2.55. The second kappa shape index (κ2) is 5.42. The predicted octanol–water partition coefficient (Wildman–Crippen LogP) is 2.06. The van der Waals surface area contributed by atoms with Gasteiger partial charge in [-0.25, -0.2) is 9.97 Å². The topological polar surface area (TPSA) is 61.9 Å². The Kier molecular flexibility index (Phi) is 3.47. The monoisotopic (exact) mass is 286 g/mol. The molecule has 2 aromatic heterocycles. The van der Waals surface area contributed by atoms with E-state index in [2.05, 4.69) is 15.0 Å². The number of nitrogens with one attached hydrogen (secondary N) is 1. The Bertz CT molecular complexity index is 766. The Hall–Kier alpha value is -2.21. The largest absolute Gasteiger partial charge is 0.345 e. The van der Waals surface area contributed by atoms with E-state index in [1.165, 1.54) is 0 Å². The molecule has 20 heavy (non-hydrogen) atoms. The SMILES string of the molecule is CN(CCc1nccs1)c1nc2ccccc2c(=O)[nH]1. The van der Waals surface area contributed by atoms with Crippen LogP contribution < -0.4 is 10.5 Å². The summed E-state index contributed by atoms with van der Waals surface area (Å²) in [5, 5.41) is 3.66. The van der Waals surface area contributed by atoms with Crippen molar-refractivity contribution in [2.75, 3.05) is 18.5 Å². The number of nitrogens with zero attached hydrogens (tertiary/aromatic N) is 3. The highest BCUT2D eigenvalue weighted by Crippen LogP contribution is 2.11. The smallest absolute Gasteiger partial charge is 0.260 e. The van der Waals surface area contributed by atoms with E-state index in [0.717, 1.165) is 18.0 Å². The molecule has 1 N–H and O–H groups in total. The number of benzene rings is 1. The molecule has 0 spiro atoms. The Morgan fingerprint density at radius 1 is 1.35 bits per heavy atom. The average molecular weight is 286 g/mol. The normalized spacial score (nSPS) is 10.8. The van der Waals surface area contributed by atoms with Crippen molar-refractivity contribution in [1.29, 1.82) is 0 Å². The average Bonchev–Trinajstić information content (AvgIpc) is 2.98. The molecule has 0 fully saturated rings. The van der Waals surface area contributed by atoms with Crippen LogP contribution in [0.5, 0.6) is 0 Å². The number of para-hydroxylation sites is 1. The molecular formula is C14H14N4OS. The van der Waals surface area contributed by atoms with Gasteiger partial charge in [-0.15, -0.1) is 11.3 Å². The maximum Gasteiger partial charge on any atom is 0.260 e. The fraction of sp³-hybridized carbons (Fsp3) is 0.214. The zero-order chi connectivity index (χ0) is 13.9. The summed E-state index contributed by atoms with van der Waals surface area (Å²) in [4.78, 5) is 25.5. The number of fused-ring (bicyclic) bond motifs is 1. The minimum absolute atomic E-state index is 0.105. The van der Waals surface area contributed by atoms with Gasteiger partial charge in [-0.3, -0.25) is 9.78 Å². The standard InChI is InChI=1S/C14H14N4OS/c1-18(8-6-12-15-7-9-20-12)14-16-11-5-3-2-4-10(11)13(19)17-14/h2-5,7,9H,6,8H2,1H3,(H,16,17,19). The number of aromatic amines is 1. The van der Waals surface area contributed by atoms with Crippen molar-refractivity contribution < 1.29 is 0 Å². The quantitative estimate of drug-likeness (QED) is 0.797. The lowest BCUT2D eigenvalue weighted by Gasteiger charge is -2.17. The van der Waals surface area contributed by atoms with Crippen molar-refractivity contribution in [2.24, 2.45) is 0 Å². The molecule has 5 nitrogen and oxygen atoms in total. The number of H-pyrrole nitrogens is 1. The van der Waals surface area contributed by atoms with E-state index in [1.54, 1.807) is 23.6 Å². The van der Waals surface area contributed by atoms with Crippen LogP contribution in [0.3, 0.4) is 0 Å². The third-order valence-corrected chi connectivity index (χ3v) is 3.95. The summed E-state index contributed by atoms with van der Waals surface area (Å²) >= 11 is 1.64. The molecule has 3 aromatic rings. The highest BCUT2D eigenvalue weighted by Gasteiger charge is 2.08. The van der Waals surface area contributed by atoms with Crippen molar-refractivity contribution in [1.82, 2.24) is 15.0 Å². The first-order valence-electron chi connectivity index (χ1n) is 6.32. The number of rotatable bonds is 4. The highest BCUT2D eigenvalue weighted by molar-refractivity contribution is 7.09. The number of likely N-dealkylation sites (N-methyl/N-ethyl adjacent to an activating group) is 1. The maximum absolute atomic E-state index is 12.0. The Morgan fingerprint density at radius 2 is 2.20 bits per heavy atom. The van der Waals surface area contributed by atoms with Gasteiger partial charge in [-0.05, 0) is 12.1 Å². The van der Waals surface area contributed by atoms with Gasteiger partial charge in [-0.1, -0.05) is 12.1 Å². The van der Waals surface area contributed by atoms with Crippen molar-refractivity contribution >= 4 is 28.2 Å². The summed E-state index contributed by atoms with van der Waals surface area (Å²) in [5.41, 5.74) is 0.610. The first-order chi connectivity index (χ1) is 9.74. The molecule has 3 rings (SSSR count). The van der Waals surface area contributed by atoms with Gasteiger partial charge >= 0.3 is 0 Å². The molecule has 0 unspecified atom stereocenters. The second-order valence-electron chi connectivity index (χ2n) is 4.50. The Labute approximate surface area is 119 Å². The molecular weight excluding hydrogens is 272 g/mol. The lowest BCUT2D eigenvalue weighted by Crippen LogP contribution is -2.25. The number of hydrogen-bond acceptors (Lipinski definition) is 5. The van der Waals surface area contributed by atoms with Gasteiger partial charge in [0.15, 0.2) is 0 Å². The van der Waals surface area contributed by atoms with Crippen molar-refractivity contribution in [3.8, 4) is 0 Å². The molecule has 2 heterocycles. The fourth-order valence-corrected chi connectivity index (χ4v) is 2.61. The summed E-state index contributed by atoms with van der Waals surface area (Å²) in [7, 11) is 1.92.